The average molecular weight is 444 g/mol. The highest BCUT2D eigenvalue weighted by molar-refractivity contribution is 5.76. The number of ether oxygens (including phenoxy) is 1. The molecule has 1 N–H and O–H groups in total. The summed E-state index contributed by atoms with van der Waals surface area (Å²) in [5.41, 5.74) is 5.02. The van der Waals surface area contributed by atoms with E-state index in [9.17, 15) is 4.79 Å². The molecule has 2 aromatic carbocycles. The highest BCUT2D eigenvalue weighted by Gasteiger charge is 2.15. The van der Waals surface area contributed by atoms with Gasteiger partial charge in [0.1, 0.15) is 5.75 Å². The van der Waals surface area contributed by atoms with Crippen LogP contribution in [0, 0.1) is 13.8 Å². The normalized spacial score (nSPS) is 11.0. The lowest BCUT2D eigenvalue weighted by Crippen LogP contribution is -2.25. The summed E-state index contributed by atoms with van der Waals surface area (Å²) in [5.74, 6) is 1.95. The van der Waals surface area contributed by atoms with Crippen LogP contribution in [0.5, 0.6) is 5.75 Å². The lowest BCUT2D eigenvalue weighted by atomic mass is 10.1. The quantitative estimate of drug-likeness (QED) is 0.394. The third-order valence-electron chi connectivity index (χ3n) is 5.79. The molecule has 2 heterocycles. The zero-order valence-electron chi connectivity index (χ0n) is 19.3. The highest BCUT2D eigenvalue weighted by atomic mass is 16.5. The first kappa shape index (κ1) is 22.5. The van der Waals surface area contributed by atoms with Gasteiger partial charge in [0.15, 0.2) is 5.82 Å². The van der Waals surface area contributed by atoms with Crippen LogP contribution in [0.3, 0.4) is 0 Å². The lowest BCUT2D eigenvalue weighted by Gasteiger charge is -2.10. The number of aromatic nitrogens is 4. The van der Waals surface area contributed by atoms with Crippen LogP contribution in [0.1, 0.15) is 35.4 Å². The van der Waals surface area contributed by atoms with Gasteiger partial charge in [-0.1, -0.05) is 42.5 Å². The summed E-state index contributed by atoms with van der Waals surface area (Å²) >= 11 is 0. The van der Waals surface area contributed by atoms with E-state index in [1.165, 1.54) is 5.56 Å². The van der Waals surface area contributed by atoms with Gasteiger partial charge < -0.3 is 10.1 Å². The monoisotopic (exact) mass is 443 g/mol. The van der Waals surface area contributed by atoms with Gasteiger partial charge in [0.25, 0.3) is 5.78 Å². The summed E-state index contributed by atoms with van der Waals surface area (Å²) in [4.78, 5) is 21.6. The second-order valence-corrected chi connectivity index (χ2v) is 8.08. The molecule has 7 heteroatoms. The second kappa shape index (κ2) is 10.3. The molecule has 0 aliphatic heterocycles. The molecule has 0 saturated carbocycles. The van der Waals surface area contributed by atoms with Crippen LogP contribution in [0.2, 0.25) is 0 Å². The number of carbonyl (C=O) groups excluding carboxylic acids is 1. The van der Waals surface area contributed by atoms with E-state index in [1.807, 2.05) is 56.3 Å². The predicted molar refractivity (Wildman–Crippen MR) is 128 cm³/mol. The Bertz CT molecular complexity index is 1250. The number of amides is 1. The van der Waals surface area contributed by atoms with E-state index in [1.54, 1.807) is 11.6 Å². The molecule has 4 rings (SSSR count). The van der Waals surface area contributed by atoms with Gasteiger partial charge in [0.2, 0.25) is 5.91 Å². The number of rotatable bonds is 9. The van der Waals surface area contributed by atoms with Crippen LogP contribution in [0.4, 0.5) is 0 Å². The Morgan fingerprint density at radius 1 is 1.03 bits per heavy atom. The molecule has 33 heavy (non-hydrogen) atoms. The Labute approximate surface area is 193 Å². The van der Waals surface area contributed by atoms with Gasteiger partial charge in [-0.15, -0.1) is 5.10 Å². The number of benzene rings is 2. The highest BCUT2D eigenvalue weighted by Crippen LogP contribution is 2.23. The second-order valence-electron chi connectivity index (χ2n) is 8.08. The van der Waals surface area contributed by atoms with E-state index in [0.29, 0.717) is 31.0 Å². The summed E-state index contributed by atoms with van der Waals surface area (Å²) < 4.78 is 7.07. The topological polar surface area (TPSA) is 81.4 Å². The van der Waals surface area contributed by atoms with E-state index in [4.69, 9.17) is 4.74 Å². The van der Waals surface area contributed by atoms with Crippen molar-refractivity contribution in [1.29, 1.82) is 0 Å². The maximum Gasteiger partial charge on any atom is 0.253 e. The Hall–Kier alpha value is -3.74. The average Bonchev–Trinajstić information content (AvgIpc) is 3.26. The minimum absolute atomic E-state index is 0.0534. The molecule has 0 atom stereocenters. The smallest absolute Gasteiger partial charge is 0.253 e. The van der Waals surface area contributed by atoms with Crippen molar-refractivity contribution < 1.29 is 9.53 Å². The van der Waals surface area contributed by atoms with Gasteiger partial charge in [-0.25, -0.2) is 9.50 Å². The third-order valence-corrected chi connectivity index (χ3v) is 5.79. The van der Waals surface area contributed by atoms with Crippen LogP contribution >= 0.6 is 0 Å². The molecule has 0 unspecified atom stereocenters. The Morgan fingerprint density at radius 3 is 2.64 bits per heavy atom. The van der Waals surface area contributed by atoms with Gasteiger partial charge in [0, 0.05) is 29.9 Å². The molecule has 0 fully saturated rings. The zero-order chi connectivity index (χ0) is 23.2. The molecule has 2 aromatic heterocycles. The first-order chi connectivity index (χ1) is 16.0. The molecule has 1 amide bonds. The largest absolute Gasteiger partial charge is 0.497 e. The molecule has 4 aromatic rings. The summed E-state index contributed by atoms with van der Waals surface area (Å²) in [7, 11) is 1.64. The zero-order valence-corrected chi connectivity index (χ0v) is 19.3. The van der Waals surface area contributed by atoms with Crippen LogP contribution in [-0.2, 0) is 17.6 Å². The Morgan fingerprint density at radius 2 is 1.85 bits per heavy atom. The fraction of sp³-hybridized carbons (Fsp3) is 0.308. The van der Waals surface area contributed by atoms with Crippen molar-refractivity contribution in [2.45, 2.75) is 39.5 Å². The molecule has 0 radical (unpaired) electrons. The third kappa shape index (κ3) is 5.37. The molecular formula is C26H29N5O2. The standard InChI is InChI=1S/C26H29N5O2/c1-18-23(14-15-24(32)27-16-8-11-20-9-5-4-6-10-20)19(2)31-26(28-18)29-25(30-31)21-12-7-13-22(17-21)33-3/h4-7,9-10,12-13,17H,8,11,14-16H2,1-3H3,(H,27,32). The van der Waals surface area contributed by atoms with Crippen LogP contribution in [0.15, 0.2) is 54.6 Å². The Kier molecular flexibility index (Phi) is 6.98. The van der Waals surface area contributed by atoms with E-state index in [-0.39, 0.29) is 5.91 Å². The van der Waals surface area contributed by atoms with Crippen LogP contribution in [-0.4, -0.2) is 39.1 Å². The molecule has 7 nitrogen and oxygen atoms in total. The molecule has 0 aliphatic carbocycles. The number of hydrogen-bond donors (Lipinski definition) is 1. The molecule has 0 bridgehead atoms. The van der Waals surface area contributed by atoms with Gasteiger partial charge >= 0.3 is 0 Å². The molecule has 0 aliphatic rings. The number of fused-ring (bicyclic) bond motifs is 1. The van der Waals surface area contributed by atoms with Crippen molar-refractivity contribution in [2.24, 2.45) is 0 Å². The number of nitrogens with one attached hydrogen (secondary N) is 1. The summed E-state index contributed by atoms with van der Waals surface area (Å²) in [6, 6.07) is 18.0. The van der Waals surface area contributed by atoms with E-state index >= 15 is 0 Å². The SMILES string of the molecule is COc1cccc(-c2nc3nc(C)c(CCC(=O)NCCCc4ccccc4)c(C)n3n2)c1. The van der Waals surface area contributed by atoms with Crippen LogP contribution in [0.25, 0.3) is 17.2 Å². The Balaban J connectivity index is 1.39. The number of hydrogen-bond acceptors (Lipinski definition) is 5. The number of aryl methyl sites for hydroxylation is 3. The minimum Gasteiger partial charge on any atom is -0.497 e. The fourth-order valence-corrected chi connectivity index (χ4v) is 3.95. The van der Waals surface area contributed by atoms with Gasteiger partial charge in [0.05, 0.1) is 7.11 Å². The summed E-state index contributed by atoms with van der Waals surface area (Å²) in [6.07, 6.45) is 2.91. The number of nitrogens with zero attached hydrogens (tertiary/aromatic N) is 4. The number of carbonyl (C=O) groups is 1. The first-order valence-electron chi connectivity index (χ1n) is 11.2. The van der Waals surface area contributed by atoms with Gasteiger partial charge in [-0.05, 0) is 56.4 Å². The van der Waals surface area contributed by atoms with E-state index in [2.05, 4.69) is 32.5 Å². The number of methoxy groups -OCH3 is 1. The first-order valence-corrected chi connectivity index (χ1v) is 11.2. The summed E-state index contributed by atoms with van der Waals surface area (Å²) in [5, 5.41) is 7.69. The maximum absolute atomic E-state index is 12.4. The molecule has 0 saturated heterocycles. The van der Waals surface area contributed by atoms with E-state index < -0.39 is 0 Å². The minimum atomic E-state index is 0.0534. The maximum atomic E-state index is 12.4. The van der Waals surface area contributed by atoms with Crippen molar-refractivity contribution in [3.05, 3.63) is 77.1 Å². The molecular weight excluding hydrogens is 414 g/mol. The lowest BCUT2D eigenvalue weighted by molar-refractivity contribution is -0.121. The fourth-order valence-electron chi connectivity index (χ4n) is 3.95. The predicted octanol–water partition coefficient (Wildman–Crippen LogP) is 4.10. The van der Waals surface area contributed by atoms with Crippen molar-refractivity contribution >= 4 is 11.7 Å². The van der Waals surface area contributed by atoms with Crippen molar-refractivity contribution in [3.63, 3.8) is 0 Å². The van der Waals surface area contributed by atoms with Crippen LogP contribution < -0.4 is 10.1 Å². The van der Waals surface area contributed by atoms with E-state index in [0.717, 1.165) is 41.1 Å². The van der Waals surface area contributed by atoms with Crippen molar-refractivity contribution in [1.82, 2.24) is 24.9 Å². The summed E-state index contributed by atoms with van der Waals surface area (Å²) in [6.45, 7) is 4.63. The van der Waals surface area contributed by atoms with Crippen molar-refractivity contribution in [3.8, 4) is 17.1 Å². The molecule has 170 valence electrons. The van der Waals surface area contributed by atoms with Crippen molar-refractivity contribution in [2.75, 3.05) is 13.7 Å². The molecule has 0 spiro atoms. The van der Waals surface area contributed by atoms with Gasteiger partial charge in [-0.3, -0.25) is 4.79 Å². The van der Waals surface area contributed by atoms with Gasteiger partial charge in [-0.2, -0.15) is 4.98 Å².